The molecule has 0 aromatic carbocycles. The topological polar surface area (TPSA) is 26.0 Å². The van der Waals surface area contributed by atoms with Crippen LogP contribution in [0, 0.1) is 6.92 Å². The second kappa shape index (κ2) is 3.62. The van der Waals surface area contributed by atoms with Crippen LogP contribution in [0.4, 0.5) is 0 Å². The normalized spacial score (nSPS) is 11.1. The first-order valence-corrected chi connectivity index (χ1v) is 5.13. The molecule has 0 amide bonds. The lowest BCUT2D eigenvalue weighted by molar-refractivity contribution is 0.540. The number of fused-ring (bicyclic) bond motifs is 1. The zero-order valence-electron chi connectivity index (χ0n) is 8.30. The second-order valence-corrected chi connectivity index (χ2v) is 3.84. The molecule has 0 N–H and O–H groups in total. The number of hydrogen-bond acceptors (Lipinski definition) is 2. The molecule has 0 saturated heterocycles. The minimum absolute atomic E-state index is 0.620. The van der Waals surface area contributed by atoms with Crippen LogP contribution in [0.3, 0.4) is 0 Å². The lowest BCUT2D eigenvalue weighted by Crippen LogP contribution is -1.82. The Morgan fingerprint density at radius 3 is 3.00 bits per heavy atom. The van der Waals surface area contributed by atoms with Crippen LogP contribution in [-0.4, -0.2) is 4.98 Å². The van der Waals surface area contributed by atoms with Crippen LogP contribution in [-0.2, 0) is 6.42 Å². The van der Waals surface area contributed by atoms with Gasteiger partial charge in [0.15, 0.2) is 5.58 Å². The van der Waals surface area contributed by atoms with Crippen molar-refractivity contribution in [2.45, 2.75) is 26.7 Å². The molecule has 3 heteroatoms. The van der Waals surface area contributed by atoms with Gasteiger partial charge in [0.25, 0.3) is 0 Å². The van der Waals surface area contributed by atoms with E-state index >= 15 is 0 Å². The summed E-state index contributed by atoms with van der Waals surface area (Å²) in [6.45, 7) is 4.17. The minimum atomic E-state index is 0.620. The maximum atomic E-state index is 5.83. The van der Waals surface area contributed by atoms with Crippen molar-refractivity contribution in [2.24, 2.45) is 0 Å². The third kappa shape index (κ3) is 1.50. The fourth-order valence-electron chi connectivity index (χ4n) is 1.59. The van der Waals surface area contributed by atoms with Crippen molar-refractivity contribution in [2.75, 3.05) is 0 Å². The maximum Gasteiger partial charge on any atom is 0.154 e. The molecule has 0 radical (unpaired) electrons. The first-order valence-electron chi connectivity index (χ1n) is 4.76. The second-order valence-electron chi connectivity index (χ2n) is 3.40. The van der Waals surface area contributed by atoms with Crippen LogP contribution in [0.5, 0.6) is 0 Å². The van der Waals surface area contributed by atoms with Crippen molar-refractivity contribution in [3.63, 3.8) is 0 Å². The monoisotopic (exact) mass is 209 g/mol. The highest BCUT2D eigenvalue weighted by atomic mass is 35.5. The van der Waals surface area contributed by atoms with E-state index in [0.717, 1.165) is 35.3 Å². The number of nitrogens with zero attached hydrogens (tertiary/aromatic N) is 1. The molecule has 2 aromatic rings. The number of rotatable bonds is 2. The first-order chi connectivity index (χ1) is 6.72. The van der Waals surface area contributed by atoms with Gasteiger partial charge in [-0.25, -0.2) is 0 Å². The van der Waals surface area contributed by atoms with E-state index in [2.05, 4.69) is 11.9 Å². The Morgan fingerprint density at radius 1 is 1.50 bits per heavy atom. The summed E-state index contributed by atoms with van der Waals surface area (Å²) in [6, 6.07) is 1.82. The van der Waals surface area contributed by atoms with Gasteiger partial charge in [-0.1, -0.05) is 18.5 Å². The van der Waals surface area contributed by atoms with Gasteiger partial charge < -0.3 is 4.42 Å². The lowest BCUT2D eigenvalue weighted by Gasteiger charge is -1.91. The molecule has 0 aliphatic carbocycles. The van der Waals surface area contributed by atoms with E-state index in [9.17, 15) is 0 Å². The summed E-state index contributed by atoms with van der Waals surface area (Å²) in [5, 5.41) is 0.620. The van der Waals surface area contributed by atoms with E-state index < -0.39 is 0 Å². The van der Waals surface area contributed by atoms with Crippen molar-refractivity contribution < 1.29 is 4.42 Å². The summed E-state index contributed by atoms with van der Waals surface area (Å²) < 4.78 is 5.67. The van der Waals surface area contributed by atoms with Crippen LogP contribution in [0.25, 0.3) is 11.1 Å². The third-order valence-electron chi connectivity index (χ3n) is 2.30. The van der Waals surface area contributed by atoms with Crippen molar-refractivity contribution >= 4 is 22.7 Å². The summed E-state index contributed by atoms with van der Waals surface area (Å²) in [5.74, 6) is 1.03. The van der Waals surface area contributed by atoms with Gasteiger partial charge in [-0.05, 0) is 13.3 Å². The van der Waals surface area contributed by atoms with Gasteiger partial charge >= 0.3 is 0 Å². The molecule has 0 unspecified atom stereocenters. The summed E-state index contributed by atoms with van der Waals surface area (Å²) >= 11 is 5.83. The molecular weight excluding hydrogens is 198 g/mol. The van der Waals surface area contributed by atoms with Gasteiger partial charge in [0.2, 0.25) is 0 Å². The predicted octanol–water partition coefficient (Wildman–Crippen LogP) is 3.74. The molecule has 0 aliphatic rings. The quantitative estimate of drug-likeness (QED) is 0.753. The van der Waals surface area contributed by atoms with Crippen LogP contribution >= 0.6 is 11.6 Å². The Morgan fingerprint density at radius 2 is 2.29 bits per heavy atom. The predicted molar refractivity (Wildman–Crippen MR) is 57.8 cm³/mol. The summed E-state index contributed by atoms with van der Waals surface area (Å²) in [5.41, 5.74) is 2.86. The Hall–Kier alpha value is -1.02. The average Bonchev–Trinajstić information content (AvgIpc) is 2.44. The van der Waals surface area contributed by atoms with Gasteiger partial charge in [0.1, 0.15) is 11.3 Å². The van der Waals surface area contributed by atoms with E-state index in [0.29, 0.717) is 5.02 Å². The lowest BCUT2D eigenvalue weighted by atomic mass is 10.2. The van der Waals surface area contributed by atoms with Gasteiger partial charge in [0.05, 0.1) is 5.02 Å². The Kier molecular flexibility index (Phi) is 2.46. The standard InChI is InChI=1S/C11H12ClNO/c1-3-4-9-7(2)11-10(14-9)5-8(12)6-13-11/h5-6H,3-4H2,1-2H3. The SMILES string of the molecule is CCCc1oc2cc(Cl)cnc2c1C. The van der Waals surface area contributed by atoms with Gasteiger partial charge in [-0.3, -0.25) is 4.98 Å². The Labute approximate surface area is 87.9 Å². The number of pyridine rings is 1. The Balaban J connectivity index is 2.61. The first kappa shape index (κ1) is 9.53. The number of aryl methyl sites for hydroxylation is 2. The summed E-state index contributed by atoms with van der Waals surface area (Å²) in [6.07, 6.45) is 3.69. The molecular formula is C11H12ClNO. The molecule has 0 aliphatic heterocycles. The van der Waals surface area contributed by atoms with Gasteiger partial charge in [-0.2, -0.15) is 0 Å². The van der Waals surface area contributed by atoms with Crippen LogP contribution in [0.2, 0.25) is 5.02 Å². The highest BCUT2D eigenvalue weighted by Crippen LogP contribution is 2.26. The summed E-state index contributed by atoms with van der Waals surface area (Å²) in [7, 11) is 0. The zero-order valence-corrected chi connectivity index (χ0v) is 9.06. The van der Waals surface area contributed by atoms with Crippen molar-refractivity contribution in [1.82, 2.24) is 4.98 Å². The molecule has 2 nitrogen and oxygen atoms in total. The number of halogens is 1. The van der Waals surface area contributed by atoms with E-state index in [1.54, 1.807) is 6.20 Å². The molecule has 0 fully saturated rings. The fourth-order valence-corrected chi connectivity index (χ4v) is 1.73. The highest BCUT2D eigenvalue weighted by Gasteiger charge is 2.10. The molecule has 74 valence electrons. The van der Waals surface area contributed by atoms with E-state index in [4.69, 9.17) is 16.0 Å². The zero-order chi connectivity index (χ0) is 10.1. The average molecular weight is 210 g/mol. The molecule has 2 rings (SSSR count). The molecule has 0 atom stereocenters. The highest BCUT2D eigenvalue weighted by molar-refractivity contribution is 6.31. The van der Waals surface area contributed by atoms with Crippen molar-refractivity contribution in [1.29, 1.82) is 0 Å². The van der Waals surface area contributed by atoms with Gasteiger partial charge in [0, 0.05) is 24.2 Å². The minimum Gasteiger partial charge on any atom is -0.459 e. The van der Waals surface area contributed by atoms with Crippen LogP contribution in [0.1, 0.15) is 24.7 Å². The number of aromatic nitrogens is 1. The molecule has 14 heavy (non-hydrogen) atoms. The number of furan rings is 1. The molecule has 0 bridgehead atoms. The molecule has 0 saturated carbocycles. The van der Waals surface area contributed by atoms with E-state index in [-0.39, 0.29) is 0 Å². The van der Waals surface area contributed by atoms with Gasteiger partial charge in [-0.15, -0.1) is 0 Å². The third-order valence-corrected chi connectivity index (χ3v) is 2.51. The van der Waals surface area contributed by atoms with E-state index in [1.807, 2.05) is 13.0 Å². The summed E-state index contributed by atoms with van der Waals surface area (Å²) in [4.78, 5) is 4.26. The van der Waals surface area contributed by atoms with Crippen molar-refractivity contribution in [3.8, 4) is 0 Å². The molecule has 2 heterocycles. The fraction of sp³-hybridized carbons (Fsp3) is 0.364. The van der Waals surface area contributed by atoms with E-state index in [1.165, 1.54) is 0 Å². The molecule has 2 aromatic heterocycles. The molecule has 0 spiro atoms. The Bertz CT molecular complexity index is 462. The van der Waals surface area contributed by atoms with Crippen LogP contribution in [0.15, 0.2) is 16.7 Å². The van der Waals surface area contributed by atoms with Crippen LogP contribution < -0.4 is 0 Å². The largest absolute Gasteiger partial charge is 0.459 e. The number of hydrogen-bond donors (Lipinski definition) is 0. The maximum absolute atomic E-state index is 5.83. The smallest absolute Gasteiger partial charge is 0.154 e. The van der Waals surface area contributed by atoms with Crippen molar-refractivity contribution in [3.05, 3.63) is 28.6 Å².